The molecule has 1 aliphatic rings. The zero-order valence-corrected chi connectivity index (χ0v) is 29.5. The Hall–Kier alpha value is -7.15. The number of rotatable bonds is 7. The molecule has 6 heteroatoms. The number of para-hydroxylation sites is 3. The Morgan fingerprint density at radius 1 is 0.500 bits per heavy atom. The van der Waals surface area contributed by atoms with E-state index in [-0.39, 0.29) is 0 Å². The number of pyridine rings is 1. The Bertz CT molecular complexity index is 2760. The van der Waals surface area contributed by atoms with Gasteiger partial charge in [-0.05, 0) is 88.0 Å². The largest absolute Gasteiger partial charge is 0.457 e. The molecule has 10 rings (SSSR count). The maximum absolute atomic E-state index is 6.58. The molecule has 3 heterocycles. The van der Waals surface area contributed by atoms with E-state index in [0.717, 1.165) is 56.0 Å². The van der Waals surface area contributed by atoms with Crippen molar-refractivity contribution in [2.75, 3.05) is 17.2 Å². The molecule has 2 aromatic heterocycles. The highest BCUT2D eigenvalue weighted by Gasteiger charge is 2.26. The fraction of sp³-hybridized carbons (Fsp3) is 0.0208. The number of hydrogen-bond acceptors (Lipinski definition) is 5. The standard InChI is InChI=1S/C48H34N4O2/c1-50-44-24-10-11-25-45(44)52(54-50)36-18-12-19-37(31-36)53-38-26-27-42-41-20-8-9-23-43(41)51(46(42)32-38)47-30-35(28-29-49-47)48-39(33-14-4-2-5-15-33)21-13-22-40(48)34-16-6-3-7-17-34/h2-32H,1H3. The highest BCUT2D eigenvalue weighted by Crippen LogP contribution is 2.43. The average molecular weight is 699 g/mol. The summed E-state index contributed by atoms with van der Waals surface area (Å²) in [5.41, 5.74) is 11.8. The van der Waals surface area contributed by atoms with E-state index in [0.29, 0.717) is 5.75 Å². The molecule has 54 heavy (non-hydrogen) atoms. The van der Waals surface area contributed by atoms with Crippen LogP contribution in [-0.2, 0) is 4.94 Å². The van der Waals surface area contributed by atoms with Crippen LogP contribution in [0.1, 0.15) is 0 Å². The first-order valence-electron chi connectivity index (χ1n) is 18.0. The van der Waals surface area contributed by atoms with E-state index >= 15 is 0 Å². The molecule has 7 aromatic carbocycles. The molecule has 0 unspecified atom stereocenters. The molecule has 0 N–H and O–H groups in total. The van der Waals surface area contributed by atoms with Crippen LogP contribution < -0.4 is 14.9 Å². The first-order chi connectivity index (χ1) is 26.7. The summed E-state index contributed by atoms with van der Waals surface area (Å²) in [4.78, 5) is 11.1. The van der Waals surface area contributed by atoms with Gasteiger partial charge in [0.15, 0.2) is 0 Å². The van der Waals surface area contributed by atoms with Gasteiger partial charge in [-0.15, -0.1) is 4.94 Å². The molecule has 9 aromatic rings. The molecule has 0 saturated heterocycles. The van der Waals surface area contributed by atoms with Crippen molar-refractivity contribution in [2.45, 2.75) is 0 Å². The third kappa shape index (κ3) is 5.44. The second kappa shape index (κ2) is 13.1. The Morgan fingerprint density at radius 2 is 1.15 bits per heavy atom. The Kier molecular flexibility index (Phi) is 7.67. The summed E-state index contributed by atoms with van der Waals surface area (Å²) < 4.78 is 8.83. The fourth-order valence-corrected chi connectivity index (χ4v) is 7.64. The first-order valence-corrected chi connectivity index (χ1v) is 18.0. The molecule has 258 valence electrons. The Balaban J connectivity index is 1.09. The average Bonchev–Trinajstić information content (AvgIpc) is 3.75. The van der Waals surface area contributed by atoms with Crippen molar-refractivity contribution in [3.05, 3.63) is 188 Å². The van der Waals surface area contributed by atoms with Gasteiger partial charge >= 0.3 is 0 Å². The molecule has 0 spiro atoms. The van der Waals surface area contributed by atoms with Gasteiger partial charge in [-0.25, -0.2) is 10.0 Å². The topological polar surface area (TPSA) is 42.8 Å². The number of anilines is 3. The molecule has 0 bridgehead atoms. The summed E-state index contributed by atoms with van der Waals surface area (Å²) in [5.74, 6) is 2.26. The van der Waals surface area contributed by atoms with Gasteiger partial charge in [0.1, 0.15) is 17.3 Å². The summed E-state index contributed by atoms with van der Waals surface area (Å²) >= 11 is 0. The monoisotopic (exact) mass is 698 g/mol. The van der Waals surface area contributed by atoms with Gasteiger partial charge in [-0.3, -0.25) is 4.57 Å². The van der Waals surface area contributed by atoms with Gasteiger partial charge in [-0.2, -0.15) is 5.06 Å². The number of nitrogens with zero attached hydrogens (tertiary/aromatic N) is 4. The molecule has 0 amide bonds. The van der Waals surface area contributed by atoms with Crippen molar-refractivity contribution in [1.82, 2.24) is 9.55 Å². The van der Waals surface area contributed by atoms with Crippen LogP contribution in [-0.4, -0.2) is 16.6 Å². The molecular weight excluding hydrogens is 665 g/mol. The minimum absolute atomic E-state index is 0.705. The first kappa shape index (κ1) is 31.6. The lowest BCUT2D eigenvalue weighted by Crippen LogP contribution is -2.20. The predicted molar refractivity (Wildman–Crippen MR) is 219 cm³/mol. The second-order valence-corrected chi connectivity index (χ2v) is 13.4. The number of fused-ring (bicyclic) bond motifs is 4. The smallest absolute Gasteiger partial charge is 0.138 e. The lowest BCUT2D eigenvalue weighted by molar-refractivity contribution is 0.142. The van der Waals surface area contributed by atoms with Crippen molar-refractivity contribution in [3.63, 3.8) is 0 Å². The van der Waals surface area contributed by atoms with Gasteiger partial charge < -0.3 is 4.74 Å². The van der Waals surface area contributed by atoms with E-state index in [1.54, 1.807) is 5.06 Å². The maximum Gasteiger partial charge on any atom is 0.138 e. The van der Waals surface area contributed by atoms with Crippen molar-refractivity contribution >= 4 is 38.9 Å². The number of ether oxygens (including phenoxy) is 1. The quantitative estimate of drug-likeness (QED) is 0.166. The van der Waals surface area contributed by atoms with Crippen LogP contribution in [0.3, 0.4) is 0 Å². The molecule has 0 fully saturated rings. The van der Waals surface area contributed by atoms with Crippen molar-refractivity contribution < 1.29 is 9.68 Å². The number of hydroxylamine groups is 1. The molecule has 1 aliphatic heterocycles. The Labute approximate surface area is 313 Å². The van der Waals surface area contributed by atoms with Crippen molar-refractivity contribution in [2.24, 2.45) is 0 Å². The molecule has 0 atom stereocenters. The second-order valence-electron chi connectivity index (χ2n) is 13.4. The molecular formula is C48H34N4O2. The summed E-state index contributed by atoms with van der Waals surface area (Å²) in [6, 6.07) is 63.0. The third-order valence-electron chi connectivity index (χ3n) is 10.1. The van der Waals surface area contributed by atoms with Gasteiger partial charge in [-0.1, -0.05) is 115 Å². The normalized spacial score (nSPS) is 12.4. The van der Waals surface area contributed by atoms with Crippen LogP contribution in [0.15, 0.2) is 188 Å². The minimum atomic E-state index is 0.705. The lowest BCUT2D eigenvalue weighted by Gasteiger charge is -2.18. The van der Waals surface area contributed by atoms with Crippen LogP contribution >= 0.6 is 0 Å². The van der Waals surface area contributed by atoms with Gasteiger partial charge in [0.25, 0.3) is 0 Å². The third-order valence-corrected chi connectivity index (χ3v) is 10.1. The predicted octanol–water partition coefficient (Wildman–Crippen LogP) is 12.4. The van der Waals surface area contributed by atoms with E-state index in [9.17, 15) is 0 Å². The van der Waals surface area contributed by atoms with E-state index in [2.05, 4.69) is 132 Å². The fourth-order valence-electron chi connectivity index (χ4n) is 7.64. The van der Waals surface area contributed by atoms with Crippen LogP contribution in [0.4, 0.5) is 17.1 Å². The van der Waals surface area contributed by atoms with E-state index in [1.807, 2.05) is 72.9 Å². The van der Waals surface area contributed by atoms with Crippen LogP contribution in [0.2, 0.25) is 0 Å². The van der Waals surface area contributed by atoms with Crippen LogP contribution in [0, 0.1) is 0 Å². The number of aromatic nitrogens is 2. The van der Waals surface area contributed by atoms with Crippen LogP contribution in [0.25, 0.3) is 61.0 Å². The van der Waals surface area contributed by atoms with E-state index in [4.69, 9.17) is 14.7 Å². The zero-order chi connectivity index (χ0) is 36.0. The number of hydrogen-bond donors (Lipinski definition) is 0. The van der Waals surface area contributed by atoms with Crippen molar-refractivity contribution in [1.29, 1.82) is 0 Å². The molecule has 0 saturated carbocycles. The van der Waals surface area contributed by atoms with Gasteiger partial charge in [0, 0.05) is 36.1 Å². The van der Waals surface area contributed by atoms with Crippen LogP contribution in [0.5, 0.6) is 11.5 Å². The molecule has 0 aliphatic carbocycles. The van der Waals surface area contributed by atoms with Crippen molar-refractivity contribution in [3.8, 4) is 50.7 Å². The molecule has 0 radical (unpaired) electrons. The summed E-state index contributed by atoms with van der Waals surface area (Å²) in [5, 5.41) is 5.86. The van der Waals surface area contributed by atoms with E-state index in [1.165, 1.54) is 27.8 Å². The summed E-state index contributed by atoms with van der Waals surface area (Å²) in [6.45, 7) is 0. The maximum atomic E-state index is 6.58. The zero-order valence-electron chi connectivity index (χ0n) is 29.5. The lowest BCUT2D eigenvalue weighted by atomic mass is 9.88. The van der Waals surface area contributed by atoms with Gasteiger partial charge in [0.2, 0.25) is 0 Å². The highest BCUT2D eigenvalue weighted by molar-refractivity contribution is 6.09. The van der Waals surface area contributed by atoms with E-state index < -0.39 is 0 Å². The Morgan fingerprint density at radius 3 is 1.93 bits per heavy atom. The molecule has 6 nitrogen and oxygen atoms in total. The highest BCUT2D eigenvalue weighted by atomic mass is 16.8. The minimum Gasteiger partial charge on any atom is -0.457 e. The number of benzene rings is 7. The summed E-state index contributed by atoms with van der Waals surface area (Å²) in [7, 11) is 1.91. The summed E-state index contributed by atoms with van der Waals surface area (Å²) in [6.07, 6.45) is 1.92. The van der Waals surface area contributed by atoms with Gasteiger partial charge in [0.05, 0.1) is 28.1 Å². The SMILES string of the molecule is CN1ON(c2cccc(Oc3ccc4c5ccccc5n(-c5cc(-c6c(-c7ccccc7)cccc6-c6ccccc6)ccn5)c4c3)c2)c2ccccc21.